The number of hydrogen-bond donors (Lipinski definition) is 1. The Morgan fingerprint density at radius 1 is 0.690 bits per heavy atom. The van der Waals surface area contributed by atoms with E-state index in [4.69, 9.17) is 0 Å². The summed E-state index contributed by atoms with van der Waals surface area (Å²) < 4.78 is 57.3. The van der Waals surface area contributed by atoms with Gasteiger partial charge < -0.3 is 0 Å². The second-order valence-corrected chi connectivity index (χ2v) is 9.80. The van der Waals surface area contributed by atoms with Gasteiger partial charge in [-0.25, -0.2) is 8.42 Å². The summed E-state index contributed by atoms with van der Waals surface area (Å²) in [7, 11) is -8.16. The lowest BCUT2D eigenvalue weighted by molar-refractivity contribution is 0.592. The lowest BCUT2D eigenvalue weighted by Gasteiger charge is -2.12. The molecule has 0 heterocycles. The molecule has 3 aromatic carbocycles. The summed E-state index contributed by atoms with van der Waals surface area (Å²) in [6.45, 7) is 3.68. The van der Waals surface area contributed by atoms with Crippen molar-refractivity contribution in [1.82, 2.24) is 4.72 Å². The number of hydrogen-bond acceptors (Lipinski definition) is 4. The van der Waals surface area contributed by atoms with Crippen LogP contribution in [0.2, 0.25) is 0 Å². The minimum Gasteiger partial charge on any atom is -0.262 e. The average Bonchev–Trinajstić information content (AvgIpc) is 2.68. The van der Waals surface area contributed by atoms with Crippen molar-refractivity contribution in [2.45, 2.75) is 23.6 Å². The highest BCUT2D eigenvalue weighted by Crippen LogP contribution is 2.16. The molecule has 0 saturated carbocycles. The predicted octanol–water partition coefficient (Wildman–Crippen LogP) is 3.42. The van der Waals surface area contributed by atoms with Crippen LogP contribution < -0.4 is 4.72 Å². The summed E-state index contributed by atoms with van der Waals surface area (Å²) >= 11 is 0. The van der Waals surface area contributed by atoms with Crippen molar-refractivity contribution in [3.05, 3.63) is 95.6 Å². The summed E-state index contributed by atoms with van der Waals surface area (Å²) in [5.74, 6) is -0.272. The quantitative estimate of drug-likeness (QED) is 0.498. The van der Waals surface area contributed by atoms with E-state index in [0.717, 1.165) is 11.1 Å². The highest BCUT2D eigenvalue weighted by molar-refractivity contribution is 7.91. The molecule has 150 valence electrons. The molecule has 8 heteroatoms. The first-order valence-corrected chi connectivity index (χ1v) is 11.7. The first kappa shape index (κ1) is 20.8. The summed E-state index contributed by atoms with van der Waals surface area (Å²) in [5, 5.41) is 0. The Morgan fingerprint density at radius 2 is 1.17 bits per heavy atom. The molecule has 0 fully saturated rings. The van der Waals surface area contributed by atoms with Crippen molar-refractivity contribution in [1.29, 1.82) is 0 Å². The third-order valence-corrected chi connectivity index (χ3v) is 6.79. The lowest BCUT2D eigenvalue weighted by atomic mass is 10.2. The van der Waals surface area contributed by atoms with Crippen molar-refractivity contribution in [2.24, 2.45) is 4.40 Å². The first-order valence-electron chi connectivity index (χ1n) is 8.74. The van der Waals surface area contributed by atoms with Gasteiger partial charge in [-0.3, -0.25) is 4.72 Å². The van der Waals surface area contributed by atoms with E-state index in [0.29, 0.717) is 5.56 Å². The highest BCUT2D eigenvalue weighted by atomic mass is 32.2. The number of nitrogens with zero attached hydrogens (tertiary/aromatic N) is 1. The molecule has 3 aromatic rings. The van der Waals surface area contributed by atoms with E-state index in [1.165, 1.54) is 24.3 Å². The zero-order valence-electron chi connectivity index (χ0n) is 15.9. The molecular formula is C21H20N2O4S2. The van der Waals surface area contributed by atoms with Crippen LogP contribution in [0.5, 0.6) is 0 Å². The minimum absolute atomic E-state index is 0.0134. The van der Waals surface area contributed by atoms with Gasteiger partial charge >= 0.3 is 0 Å². The number of sulfonamides is 2. The number of benzene rings is 3. The molecule has 0 aliphatic rings. The van der Waals surface area contributed by atoms with Crippen LogP contribution in [0.15, 0.2) is 93.1 Å². The van der Waals surface area contributed by atoms with Crippen LogP contribution in [-0.2, 0) is 20.0 Å². The average molecular weight is 429 g/mol. The Kier molecular flexibility index (Phi) is 5.86. The van der Waals surface area contributed by atoms with Crippen LogP contribution in [0.3, 0.4) is 0 Å². The van der Waals surface area contributed by atoms with Crippen molar-refractivity contribution in [3.8, 4) is 0 Å². The molecule has 0 bridgehead atoms. The summed E-state index contributed by atoms with van der Waals surface area (Å²) in [4.78, 5) is -0.00877. The van der Waals surface area contributed by atoms with Crippen LogP contribution >= 0.6 is 0 Å². The lowest BCUT2D eigenvalue weighted by Crippen LogP contribution is -2.32. The van der Waals surface area contributed by atoms with Gasteiger partial charge in [0, 0.05) is 5.56 Å². The Bertz CT molecular complexity index is 1230. The van der Waals surface area contributed by atoms with Crippen LogP contribution in [0, 0.1) is 13.8 Å². The second-order valence-electron chi connectivity index (χ2n) is 6.51. The van der Waals surface area contributed by atoms with E-state index in [1.54, 1.807) is 54.6 Å². The highest BCUT2D eigenvalue weighted by Gasteiger charge is 2.21. The van der Waals surface area contributed by atoms with E-state index in [-0.39, 0.29) is 15.6 Å². The first-order chi connectivity index (χ1) is 13.7. The van der Waals surface area contributed by atoms with Gasteiger partial charge in [-0.2, -0.15) is 8.42 Å². The van der Waals surface area contributed by atoms with Gasteiger partial charge in [0.05, 0.1) is 9.79 Å². The summed E-state index contributed by atoms with van der Waals surface area (Å²) in [6.07, 6.45) is 0. The molecule has 0 aliphatic carbocycles. The zero-order valence-corrected chi connectivity index (χ0v) is 17.5. The van der Waals surface area contributed by atoms with Crippen LogP contribution in [0.25, 0.3) is 0 Å². The molecule has 0 aromatic heterocycles. The topological polar surface area (TPSA) is 92.7 Å². The minimum atomic E-state index is -4.12. The fourth-order valence-electron chi connectivity index (χ4n) is 2.51. The number of rotatable bonds is 5. The van der Waals surface area contributed by atoms with Crippen LogP contribution in [0.1, 0.15) is 16.7 Å². The Balaban J connectivity index is 2.07. The maximum atomic E-state index is 12.8. The van der Waals surface area contributed by atoms with E-state index in [9.17, 15) is 16.8 Å². The molecule has 3 rings (SSSR count). The van der Waals surface area contributed by atoms with Gasteiger partial charge in [0.15, 0.2) is 5.84 Å². The molecule has 0 atom stereocenters. The largest absolute Gasteiger partial charge is 0.284 e. The second kappa shape index (κ2) is 8.18. The number of amidine groups is 1. The molecule has 0 saturated heterocycles. The van der Waals surface area contributed by atoms with E-state index >= 15 is 0 Å². The molecule has 6 nitrogen and oxygen atoms in total. The fraction of sp³-hybridized carbons (Fsp3) is 0.0952. The van der Waals surface area contributed by atoms with Crippen LogP contribution in [0.4, 0.5) is 0 Å². The number of nitrogens with one attached hydrogen (secondary N) is 1. The van der Waals surface area contributed by atoms with E-state index in [1.807, 2.05) is 13.8 Å². The van der Waals surface area contributed by atoms with Gasteiger partial charge in [0.2, 0.25) is 0 Å². The van der Waals surface area contributed by atoms with Crippen LogP contribution in [-0.4, -0.2) is 22.7 Å². The Hall–Kier alpha value is -2.97. The molecule has 1 N–H and O–H groups in total. The van der Waals surface area contributed by atoms with E-state index < -0.39 is 20.0 Å². The van der Waals surface area contributed by atoms with Crippen molar-refractivity contribution in [2.75, 3.05) is 0 Å². The third-order valence-electron chi connectivity index (χ3n) is 4.14. The Labute approximate surface area is 171 Å². The molecular weight excluding hydrogens is 408 g/mol. The molecule has 0 radical (unpaired) electrons. The van der Waals surface area contributed by atoms with E-state index in [2.05, 4.69) is 9.12 Å². The molecule has 0 spiro atoms. The standard InChI is InChI=1S/C21H20N2O4S2/c1-16-8-12-19(13-9-16)28(24,25)22-21(18-6-4-3-5-7-18)23-29(26,27)20-14-10-17(2)11-15-20/h3-15H,1-2H3,(H,22,23). The summed E-state index contributed by atoms with van der Waals surface area (Å²) in [5.41, 5.74) is 2.14. The fourth-order valence-corrected chi connectivity index (χ4v) is 4.58. The monoisotopic (exact) mass is 428 g/mol. The van der Waals surface area contributed by atoms with Crippen molar-refractivity contribution < 1.29 is 16.8 Å². The van der Waals surface area contributed by atoms with Gasteiger partial charge in [-0.05, 0) is 38.1 Å². The zero-order chi connectivity index (χ0) is 21.1. The molecule has 0 unspecified atom stereocenters. The van der Waals surface area contributed by atoms with Gasteiger partial charge in [0.1, 0.15) is 0 Å². The SMILES string of the molecule is Cc1ccc(S(=O)(=O)/N=C(\NS(=O)(=O)c2ccc(C)cc2)c2ccccc2)cc1. The molecule has 29 heavy (non-hydrogen) atoms. The summed E-state index contributed by atoms with van der Waals surface area (Å²) in [6, 6.07) is 20.7. The van der Waals surface area contributed by atoms with Gasteiger partial charge in [-0.1, -0.05) is 65.7 Å². The molecule has 0 aliphatic heterocycles. The van der Waals surface area contributed by atoms with Gasteiger partial charge in [0.25, 0.3) is 20.0 Å². The van der Waals surface area contributed by atoms with Gasteiger partial charge in [-0.15, -0.1) is 4.40 Å². The molecule has 0 amide bonds. The third kappa shape index (κ3) is 5.10. The number of aryl methyl sites for hydroxylation is 2. The Morgan fingerprint density at radius 3 is 1.69 bits per heavy atom. The maximum Gasteiger partial charge on any atom is 0.284 e. The smallest absolute Gasteiger partial charge is 0.262 e. The maximum absolute atomic E-state index is 12.8. The van der Waals surface area contributed by atoms with Crippen molar-refractivity contribution >= 4 is 25.9 Å². The normalized spacial score (nSPS) is 12.6. The predicted molar refractivity (Wildman–Crippen MR) is 113 cm³/mol. The van der Waals surface area contributed by atoms with Crippen molar-refractivity contribution in [3.63, 3.8) is 0 Å².